The number of aromatic hydroxyl groups is 2. The molecule has 0 heterocycles. The van der Waals surface area contributed by atoms with Crippen molar-refractivity contribution in [1.29, 1.82) is 0 Å². The van der Waals surface area contributed by atoms with E-state index in [1.165, 1.54) is 60.7 Å². The monoisotopic (exact) mass is 782 g/mol. The standard InChI is InChI=1S/C34H22N6O10S2.2Na/c35-25-5-7-27(23-11-17(51(45,46)47)13-29(41)31(23)25)39-37-15-1-3-19-21(9-15)34(44)20-4-2-16(10-22(20)33(19)43)38-40-28-8-6-26(36)32-24(28)12-18(14-30(32)42)52(48,49)50;;/h1-14,41-42H,35-36H2,(H,45,46,47)(H,48,49,50);;/q;2*+1/p-2. The van der Waals surface area contributed by atoms with Crippen molar-refractivity contribution in [3.63, 3.8) is 0 Å². The zero-order valence-electron chi connectivity index (χ0n) is 28.0. The van der Waals surface area contributed by atoms with Crippen LogP contribution >= 0.6 is 0 Å². The van der Waals surface area contributed by atoms with E-state index in [1.54, 1.807) is 0 Å². The van der Waals surface area contributed by atoms with Gasteiger partial charge in [0.05, 0.1) is 32.5 Å². The van der Waals surface area contributed by atoms with E-state index in [9.17, 15) is 45.7 Å². The number of benzene rings is 6. The Morgan fingerprint density at radius 3 is 1.22 bits per heavy atom. The molecule has 0 spiro atoms. The minimum absolute atomic E-state index is 0. The molecule has 0 fully saturated rings. The van der Waals surface area contributed by atoms with Gasteiger partial charge in [0.25, 0.3) is 0 Å². The number of hydrogen-bond donors (Lipinski definition) is 4. The van der Waals surface area contributed by atoms with E-state index < -0.39 is 53.1 Å². The number of rotatable bonds is 6. The number of anilines is 2. The van der Waals surface area contributed by atoms with Gasteiger partial charge in [-0.1, -0.05) is 0 Å². The molecular formula is C34H20N6Na2O10S2. The van der Waals surface area contributed by atoms with E-state index >= 15 is 0 Å². The second-order valence-corrected chi connectivity index (χ2v) is 14.3. The fourth-order valence-corrected chi connectivity index (χ4v) is 6.87. The molecular weight excluding hydrogens is 763 g/mol. The largest absolute Gasteiger partial charge is 1.00 e. The van der Waals surface area contributed by atoms with Crippen LogP contribution in [0.5, 0.6) is 11.5 Å². The molecule has 0 atom stereocenters. The van der Waals surface area contributed by atoms with Gasteiger partial charge in [0.2, 0.25) is 0 Å². The van der Waals surface area contributed by atoms with Gasteiger partial charge in [-0.3, -0.25) is 9.59 Å². The minimum Gasteiger partial charge on any atom is -0.744 e. The van der Waals surface area contributed by atoms with Gasteiger partial charge in [-0.25, -0.2) is 16.8 Å². The Morgan fingerprint density at radius 2 is 0.870 bits per heavy atom. The number of hydrogen-bond acceptors (Lipinski definition) is 16. The van der Waals surface area contributed by atoms with Crippen LogP contribution in [-0.2, 0) is 20.2 Å². The summed E-state index contributed by atoms with van der Waals surface area (Å²) in [5.74, 6) is -2.11. The van der Waals surface area contributed by atoms with Crippen LogP contribution in [0.1, 0.15) is 31.8 Å². The van der Waals surface area contributed by atoms with Gasteiger partial charge in [-0.05, 0) is 84.9 Å². The molecule has 0 radical (unpaired) electrons. The third-order valence-electron chi connectivity index (χ3n) is 8.26. The van der Waals surface area contributed by atoms with Gasteiger partial charge in [-0.2, -0.15) is 10.2 Å². The van der Waals surface area contributed by atoms with Gasteiger partial charge in [0.1, 0.15) is 31.7 Å². The number of nitrogen functional groups attached to an aromatic ring is 2. The summed E-state index contributed by atoms with van der Waals surface area (Å²) in [6, 6.07) is 17.5. The molecule has 6 aromatic rings. The van der Waals surface area contributed by atoms with Crippen LogP contribution < -0.4 is 70.6 Å². The molecule has 6 N–H and O–H groups in total. The summed E-state index contributed by atoms with van der Waals surface area (Å²) in [5.41, 5.74) is 12.7. The first-order chi connectivity index (χ1) is 24.5. The fourth-order valence-electron chi connectivity index (χ4n) is 5.83. The van der Waals surface area contributed by atoms with Crippen molar-refractivity contribution in [2.24, 2.45) is 20.5 Å². The predicted octanol–water partition coefficient (Wildman–Crippen LogP) is -0.00900. The number of fused-ring (bicyclic) bond motifs is 4. The predicted molar refractivity (Wildman–Crippen MR) is 184 cm³/mol. The van der Waals surface area contributed by atoms with Gasteiger partial charge in [0.15, 0.2) is 11.6 Å². The average Bonchev–Trinajstić information content (AvgIpc) is 3.08. The summed E-state index contributed by atoms with van der Waals surface area (Å²) < 4.78 is 69.8. The van der Waals surface area contributed by atoms with Gasteiger partial charge >= 0.3 is 59.1 Å². The number of phenolic OH excluding ortho intramolecular Hbond substituents is 2. The molecule has 260 valence electrons. The normalized spacial score (nSPS) is 12.9. The molecule has 0 saturated carbocycles. The summed E-state index contributed by atoms with van der Waals surface area (Å²) in [7, 11) is -9.88. The Kier molecular flexibility index (Phi) is 11.2. The summed E-state index contributed by atoms with van der Waals surface area (Å²) in [6.45, 7) is 0. The molecule has 0 aliphatic heterocycles. The van der Waals surface area contributed by atoms with Crippen molar-refractivity contribution in [3.05, 3.63) is 107 Å². The summed E-state index contributed by atoms with van der Waals surface area (Å²) in [4.78, 5) is 25.7. The topological polar surface area (TPSA) is 290 Å². The molecule has 6 aromatic carbocycles. The Balaban J connectivity index is 0.00000280. The number of phenols is 2. The molecule has 16 nitrogen and oxygen atoms in total. The molecule has 0 aromatic heterocycles. The van der Waals surface area contributed by atoms with Crippen molar-refractivity contribution in [3.8, 4) is 11.5 Å². The van der Waals surface area contributed by atoms with E-state index in [-0.39, 0.29) is 137 Å². The Labute approximate surface area is 349 Å². The van der Waals surface area contributed by atoms with Crippen LogP contribution in [0.3, 0.4) is 0 Å². The van der Waals surface area contributed by atoms with Gasteiger partial charge in [0, 0.05) is 55.2 Å². The summed E-state index contributed by atoms with van der Waals surface area (Å²) in [6.07, 6.45) is 0. The number of carbonyl (C=O) groups excluding carboxylic acids is 2. The van der Waals surface area contributed by atoms with Crippen LogP contribution in [0.4, 0.5) is 34.1 Å². The molecule has 1 aliphatic rings. The van der Waals surface area contributed by atoms with Crippen molar-refractivity contribution >= 4 is 87.5 Å². The minimum atomic E-state index is -4.94. The third kappa shape index (κ3) is 7.40. The third-order valence-corrected chi connectivity index (χ3v) is 9.89. The van der Waals surface area contributed by atoms with Crippen molar-refractivity contribution in [2.45, 2.75) is 9.79 Å². The van der Waals surface area contributed by atoms with Gasteiger partial charge < -0.3 is 30.8 Å². The molecule has 0 amide bonds. The SMILES string of the molecule is Nc1ccc(N=Nc2ccc3c(c2)C(=O)c2ccc(N=Nc4ccc(N)c5c(O)cc(S(=O)(=O)[O-])cc45)cc2C3=O)c2cc(S(=O)(=O)[O-])cc(O)c12.[Na+].[Na+]. The number of nitrogens with zero attached hydrogens (tertiary/aromatic N) is 4. The molecule has 0 unspecified atom stereocenters. The maximum Gasteiger partial charge on any atom is 1.00 e. The first-order valence-electron chi connectivity index (χ1n) is 14.7. The van der Waals surface area contributed by atoms with Crippen LogP contribution in [-0.4, -0.2) is 47.7 Å². The van der Waals surface area contributed by atoms with Crippen LogP contribution in [0.25, 0.3) is 21.5 Å². The second kappa shape index (κ2) is 14.9. The molecule has 20 heteroatoms. The molecule has 54 heavy (non-hydrogen) atoms. The zero-order valence-corrected chi connectivity index (χ0v) is 33.6. The average molecular weight is 783 g/mol. The molecule has 0 saturated heterocycles. The molecule has 1 aliphatic carbocycles. The van der Waals surface area contributed by atoms with Crippen LogP contribution in [0, 0.1) is 0 Å². The zero-order chi connectivity index (χ0) is 37.3. The van der Waals surface area contributed by atoms with Crippen LogP contribution in [0.15, 0.2) is 115 Å². The van der Waals surface area contributed by atoms with Crippen LogP contribution in [0.2, 0.25) is 0 Å². The molecule has 7 rings (SSSR count). The Bertz CT molecular complexity index is 2710. The smallest absolute Gasteiger partial charge is 0.744 e. The quantitative estimate of drug-likeness (QED) is 0.0750. The Morgan fingerprint density at radius 1 is 0.500 bits per heavy atom. The Hall–Kier alpha value is -4.60. The fraction of sp³-hybridized carbons (Fsp3) is 0. The van der Waals surface area contributed by atoms with E-state index in [1.807, 2.05) is 0 Å². The number of ketones is 2. The number of nitrogens with two attached hydrogens (primary N) is 2. The first-order valence-corrected chi connectivity index (χ1v) is 17.6. The maximum absolute atomic E-state index is 13.6. The molecule has 0 bridgehead atoms. The first kappa shape index (κ1) is 40.6. The maximum atomic E-state index is 13.6. The summed E-state index contributed by atoms with van der Waals surface area (Å²) in [5, 5.41) is 37.5. The van der Waals surface area contributed by atoms with E-state index in [0.29, 0.717) is 0 Å². The van der Waals surface area contributed by atoms with Crippen molar-refractivity contribution in [2.75, 3.05) is 11.5 Å². The second-order valence-electron chi connectivity index (χ2n) is 11.5. The van der Waals surface area contributed by atoms with Crippen molar-refractivity contribution in [1.82, 2.24) is 0 Å². The summed E-state index contributed by atoms with van der Waals surface area (Å²) >= 11 is 0. The van der Waals surface area contributed by atoms with Gasteiger partial charge in [-0.15, -0.1) is 10.2 Å². The number of azo groups is 2. The van der Waals surface area contributed by atoms with E-state index in [2.05, 4.69) is 20.5 Å². The number of carbonyl (C=O) groups is 2. The van der Waals surface area contributed by atoms with Crippen molar-refractivity contribution < 1.29 is 105 Å². The van der Waals surface area contributed by atoms with E-state index in [0.717, 1.165) is 24.3 Å². The van der Waals surface area contributed by atoms with E-state index in [4.69, 9.17) is 11.5 Å².